The summed E-state index contributed by atoms with van der Waals surface area (Å²) in [5.41, 5.74) is 1.13. The minimum absolute atomic E-state index is 0.211. The Balaban J connectivity index is 1.61. The number of benzene rings is 1. The van der Waals surface area contributed by atoms with Gasteiger partial charge < -0.3 is 14.5 Å². The Morgan fingerprint density at radius 1 is 1.24 bits per heavy atom. The van der Waals surface area contributed by atoms with Crippen molar-refractivity contribution in [2.75, 3.05) is 43.9 Å². The number of carbonyl (C=O) groups excluding carboxylic acids is 1. The zero-order valence-corrected chi connectivity index (χ0v) is 13.3. The summed E-state index contributed by atoms with van der Waals surface area (Å²) in [6, 6.07) is 8.09. The zero-order valence-electron chi connectivity index (χ0n) is 12.5. The second-order valence-corrected chi connectivity index (χ2v) is 6.80. The summed E-state index contributed by atoms with van der Waals surface area (Å²) in [6.07, 6.45) is 2.23. The van der Waals surface area contributed by atoms with Gasteiger partial charge in [-0.25, -0.2) is 0 Å². The first-order valence-corrected chi connectivity index (χ1v) is 8.63. The van der Waals surface area contributed by atoms with Gasteiger partial charge in [0.2, 0.25) is 5.91 Å². The van der Waals surface area contributed by atoms with Crippen LogP contribution in [0.25, 0.3) is 0 Å². The van der Waals surface area contributed by atoms with Crippen molar-refractivity contribution in [2.24, 2.45) is 0 Å². The molecule has 4 nitrogen and oxygen atoms in total. The van der Waals surface area contributed by atoms with E-state index < -0.39 is 0 Å². The number of piperazine rings is 1. The summed E-state index contributed by atoms with van der Waals surface area (Å²) in [5.74, 6) is 2.39. The van der Waals surface area contributed by atoms with Crippen LogP contribution in [0.3, 0.4) is 0 Å². The summed E-state index contributed by atoms with van der Waals surface area (Å²) in [6.45, 7) is 3.38. The molecule has 114 valence electrons. The fourth-order valence-corrected chi connectivity index (χ4v) is 4.28. The first-order valence-electron chi connectivity index (χ1n) is 7.58. The summed E-state index contributed by atoms with van der Waals surface area (Å²) in [7, 11) is 1.70. The number of anilines is 1. The Morgan fingerprint density at radius 2 is 2.00 bits per heavy atom. The molecule has 2 aliphatic rings. The average molecular weight is 306 g/mol. The number of para-hydroxylation sites is 2. The number of amides is 1. The Hall–Kier alpha value is -1.36. The lowest BCUT2D eigenvalue weighted by Crippen LogP contribution is -2.50. The van der Waals surface area contributed by atoms with Gasteiger partial charge >= 0.3 is 0 Å². The molecule has 2 aliphatic heterocycles. The largest absolute Gasteiger partial charge is 0.495 e. The van der Waals surface area contributed by atoms with Crippen molar-refractivity contribution in [2.45, 2.75) is 18.1 Å². The third-order valence-electron chi connectivity index (χ3n) is 4.22. The van der Waals surface area contributed by atoms with Gasteiger partial charge in [0.05, 0.1) is 18.0 Å². The van der Waals surface area contributed by atoms with E-state index in [4.69, 9.17) is 4.74 Å². The van der Waals surface area contributed by atoms with Crippen LogP contribution < -0.4 is 9.64 Å². The molecule has 0 N–H and O–H groups in total. The molecule has 0 aliphatic carbocycles. The van der Waals surface area contributed by atoms with E-state index in [-0.39, 0.29) is 5.25 Å². The lowest BCUT2D eigenvalue weighted by atomic mass is 10.2. The normalized spacial score (nSPS) is 22.4. The molecule has 2 heterocycles. The first-order chi connectivity index (χ1) is 10.3. The lowest BCUT2D eigenvalue weighted by Gasteiger charge is -2.37. The van der Waals surface area contributed by atoms with Crippen LogP contribution in [0, 0.1) is 0 Å². The summed E-state index contributed by atoms with van der Waals surface area (Å²) >= 11 is 1.82. The van der Waals surface area contributed by atoms with Crippen molar-refractivity contribution in [1.82, 2.24) is 4.90 Å². The van der Waals surface area contributed by atoms with E-state index in [2.05, 4.69) is 11.0 Å². The van der Waals surface area contributed by atoms with Crippen LogP contribution in [0.4, 0.5) is 5.69 Å². The van der Waals surface area contributed by atoms with Gasteiger partial charge in [0.1, 0.15) is 5.75 Å². The second kappa shape index (κ2) is 6.60. The van der Waals surface area contributed by atoms with Crippen LogP contribution in [-0.4, -0.2) is 55.1 Å². The molecule has 0 aromatic heterocycles. The van der Waals surface area contributed by atoms with Crippen molar-refractivity contribution in [1.29, 1.82) is 0 Å². The number of hydrogen-bond acceptors (Lipinski definition) is 4. The molecule has 1 aromatic carbocycles. The van der Waals surface area contributed by atoms with Crippen LogP contribution >= 0.6 is 11.8 Å². The molecule has 2 fully saturated rings. The van der Waals surface area contributed by atoms with Gasteiger partial charge in [-0.15, -0.1) is 11.8 Å². The lowest BCUT2D eigenvalue weighted by molar-refractivity contribution is -0.130. The first kappa shape index (κ1) is 14.6. The maximum Gasteiger partial charge on any atom is 0.235 e. The van der Waals surface area contributed by atoms with Gasteiger partial charge in [0.25, 0.3) is 0 Å². The molecule has 2 saturated heterocycles. The highest BCUT2D eigenvalue weighted by Gasteiger charge is 2.30. The number of nitrogens with zero attached hydrogens (tertiary/aromatic N) is 2. The van der Waals surface area contributed by atoms with Crippen molar-refractivity contribution in [3.05, 3.63) is 24.3 Å². The van der Waals surface area contributed by atoms with Crippen LogP contribution in [0.1, 0.15) is 12.8 Å². The smallest absolute Gasteiger partial charge is 0.235 e. The SMILES string of the molecule is COc1ccccc1N1CCN(C(=O)C2CCCS2)CC1. The standard InChI is InChI=1S/C16H22N2O2S/c1-20-14-6-3-2-5-13(14)17-8-10-18(11-9-17)16(19)15-7-4-12-21-15/h2-3,5-6,15H,4,7-12H2,1H3. The predicted molar refractivity (Wildman–Crippen MR) is 87.3 cm³/mol. The predicted octanol–water partition coefficient (Wildman–Crippen LogP) is 2.24. The van der Waals surface area contributed by atoms with E-state index in [0.29, 0.717) is 5.91 Å². The van der Waals surface area contributed by atoms with Crippen molar-refractivity contribution in [3.8, 4) is 5.75 Å². The van der Waals surface area contributed by atoms with Gasteiger partial charge in [-0.3, -0.25) is 4.79 Å². The topological polar surface area (TPSA) is 32.8 Å². The zero-order chi connectivity index (χ0) is 14.7. The Bertz CT molecular complexity index is 495. The molecular weight excluding hydrogens is 284 g/mol. The van der Waals surface area contributed by atoms with Gasteiger partial charge in [-0.2, -0.15) is 0 Å². The fourth-order valence-electron chi connectivity index (χ4n) is 3.03. The number of carbonyl (C=O) groups is 1. The highest BCUT2D eigenvalue weighted by molar-refractivity contribution is 8.00. The molecular formula is C16H22N2O2S. The van der Waals surface area contributed by atoms with Gasteiger partial charge in [-0.1, -0.05) is 12.1 Å². The van der Waals surface area contributed by atoms with Gasteiger partial charge in [0.15, 0.2) is 0 Å². The molecule has 1 aromatic rings. The Labute approximate surface area is 130 Å². The van der Waals surface area contributed by atoms with Crippen LogP contribution in [-0.2, 0) is 4.79 Å². The highest BCUT2D eigenvalue weighted by atomic mass is 32.2. The number of methoxy groups -OCH3 is 1. The molecule has 0 bridgehead atoms. The second-order valence-electron chi connectivity index (χ2n) is 5.49. The quantitative estimate of drug-likeness (QED) is 0.857. The average Bonchev–Trinajstić information content (AvgIpc) is 3.09. The summed E-state index contributed by atoms with van der Waals surface area (Å²) in [5, 5.41) is 0.211. The van der Waals surface area contributed by atoms with E-state index in [1.165, 1.54) is 6.42 Å². The van der Waals surface area contributed by atoms with Crippen molar-refractivity contribution >= 4 is 23.4 Å². The molecule has 1 atom stereocenters. The molecule has 0 spiro atoms. The third-order valence-corrected chi connectivity index (χ3v) is 5.59. The van der Waals surface area contributed by atoms with Crippen LogP contribution in [0.5, 0.6) is 5.75 Å². The van der Waals surface area contributed by atoms with E-state index in [1.54, 1.807) is 7.11 Å². The molecule has 21 heavy (non-hydrogen) atoms. The molecule has 0 radical (unpaired) electrons. The number of thioether (sulfide) groups is 1. The Kier molecular flexibility index (Phi) is 4.58. The summed E-state index contributed by atoms with van der Waals surface area (Å²) in [4.78, 5) is 16.8. The van der Waals surface area contributed by atoms with Gasteiger partial charge in [-0.05, 0) is 30.7 Å². The van der Waals surface area contributed by atoms with E-state index >= 15 is 0 Å². The van der Waals surface area contributed by atoms with Crippen LogP contribution in [0.2, 0.25) is 0 Å². The van der Waals surface area contributed by atoms with E-state index in [1.807, 2.05) is 34.9 Å². The number of hydrogen-bond donors (Lipinski definition) is 0. The Morgan fingerprint density at radius 3 is 2.67 bits per heavy atom. The monoisotopic (exact) mass is 306 g/mol. The highest BCUT2D eigenvalue weighted by Crippen LogP contribution is 2.30. The maximum atomic E-state index is 12.4. The third kappa shape index (κ3) is 3.12. The fraction of sp³-hybridized carbons (Fsp3) is 0.562. The summed E-state index contributed by atoms with van der Waals surface area (Å²) < 4.78 is 5.43. The molecule has 1 amide bonds. The number of ether oxygens (including phenoxy) is 1. The minimum atomic E-state index is 0.211. The molecule has 1 unspecified atom stereocenters. The molecule has 0 saturated carbocycles. The maximum absolute atomic E-state index is 12.4. The number of rotatable bonds is 3. The van der Waals surface area contributed by atoms with E-state index in [9.17, 15) is 4.79 Å². The molecule has 5 heteroatoms. The van der Waals surface area contributed by atoms with Crippen molar-refractivity contribution in [3.63, 3.8) is 0 Å². The van der Waals surface area contributed by atoms with Crippen LogP contribution in [0.15, 0.2) is 24.3 Å². The van der Waals surface area contributed by atoms with Gasteiger partial charge in [0, 0.05) is 26.2 Å². The minimum Gasteiger partial charge on any atom is -0.495 e. The molecule has 3 rings (SSSR count). The van der Waals surface area contributed by atoms with Crippen molar-refractivity contribution < 1.29 is 9.53 Å². The van der Waals surface area contributed by atoms with E-state index in [0.717, 1.165) is 49.8 Å².